The highest BCUT2D eigenvalue weighted by Gasteiger charge is 2.25. The number of sulfonamides is 1. The van der Waals surface area contributed by atoms with Gasteiger partial charge < -0.3 is 10.2 Å². The minimum Gasteiger partial charge on any atom is -0.321 e. The van der Waals surface area contributed by atoms with Crippen molar-refractivity contribution in [2.45, 2.75) is 31.6 Å². The number of piperidine rings is 1. The predicted molar refractivity (Wildman–Crippen MR) is 126 cm³/mol. The van der Waals surface area contributed by atoms with Crippen LogP contribution < -0.4 is 5.32 Å². The second-order valence-electron chi connectivity index (χ2n) is 7.79. The maximum atomic E-state index is 12.9. The molecule has 1 saturated heterocycles. The van der Waals surface area contributed by atoms with E-state index in [1.807, 2.05) is 26.1 Å². The van der Waals surface area contributed by atoms with Gasteiger partial charge in [0.05, 0.1) is 15.7 Å². The van der Waals surface area contributed by atoms with E-state index in [4.69, 9.17) is 23.2 Å². The molecule has 1 N–H and O–H groups in total. The Balaban J connectivity index is 1.85. The van der Waals surface area contributed by atoms with Crippen LogP contribution in [-0.2, 0) is 10.0 Å². The van der Waals surface area contributed by atoms with Gasteiger partial charge >= 0.3 is 0 Å². The van der Waals surface area contributed by atoms with Crippen molar-refractivity contribution in [3.05, 3.63) is 57.6 Å². The van der Waals surface area contributed by atoms with Crippen LogP contribution in [0.1, 0.15) is 35.7 Å². The molecule has 0 bridgehead atoms. The summed E-state index contributed by atoms with van der Waals surface area (Å²) in [6.45, 7) is 5.36. The molecular formula is C22H25Cl2N3O3S. The molecule has 1 heterocycles. The van der Waals surface area contributed by atoms with Crippen LogP contribution in [0.5, 0.6) is 0 Å². The molecule has 166 valence electrons. The summed E-state index contributed by atoms with van der Waals surface area (Å²) in [4.78, 5) is 14.6. The smallest absolute Gasteiger partial charge is 0.283 e. The number of amides is 1. The van der Waals surface area contributed by atoms with E-state index in [0.717, 1.165) is 31.5 Å². The zero-order valence-electron chi connectivity index (χ0n) is 17.7. The fourth-order valence-corrected chi connectivity index (χ4v) is 5.50. The molecule has 0 aliphatic carbocycles. The molecule has 1 aliphatic heterocycles. The van der Waals surface area contributed by atoms with Crippen molar-refractivity contribution < 1.29 is 13.2 Å². The number of hydrogen-bond donors (Lipinski definition) is 1. The highest BCUT2D eigenvalue weighted by Crippen LogP contribution is 2.36. The highest BCUT2D eigenvalue weighted by atomic mass is 35.5. The number of carbonyl (C=O) groups is 1. The van der Waals surface area contributed by atoms with Crippen molar-refractivity contribution in [2.75, 3.05) is 25.5 Å². The maximum absolute atomic E-state index is 12.9. The number of halogens is 2. The van der Waals surface area contributed by atoms with E-state index in [0.29, 0.717) is 11.3 Å². The fraction of sp³-hybridized carbons (Fsp3) is 0.364. The molecule has 6 nitrogen and oxygen atoms in total. The van der Waals surface area contributed by atoms with Crippen molar-refractivity contribution in [3.8, 4) is 0 Å². The van der Waals surface area contributed by atoms with Gasteiger partial charge in [-0.1, -0.05) is 41.4 Å². The second-order valence-corrected chi connectivity index (χ2v) is 10.1. The van der Waals surface area contributed by atoms with Gasteiger partial charge in [0.15, 0.2) is 0 Å². The number of anilines is 1. The van der Waals surface area contributed by atoms with Crippen LogP contribution in [0.15, 0.2) is 45.7 Å². The quantitative estimate of drug-likeness (QED) is 0.606. The third-order valence-corrected chi connectivity index (χ3v) is 7.95. The number of likely N-dealkylation sites (tertiary alicyclic amines) is 1. The number of nitrogens with one attached hydrogen (secondary N) is 1. The lowest BCUT2D eigenvalue weighted by Crippen LogP contribution is -2.33. The summed E-state index contributed by atoms with van der Waals surface area (Å²) in [5, 5.41) is 2.49. The molecule has 0 spiro atoms. The van der Waals surface area contributed by atoms with Gasteiger partial charge in [0.1, 0.15) is 4.90 Å². The van der Waals surface area contributed by atoms with Gasteiger partial charge in [0.25, 0.3) is 15.9 Å². The topological polar surface area (TPSA) is 78.8 Å². The van der Waals surface area contributed by atoms with Crippen LogP contribution in [0.3, 0.4) is 0 Å². The minimum atomic E-state index is -4.03. The molecule has 0 saturated carbocycles. The van der Waals surface area contributed by atoms with Crippen LogP contribution in [0, 0.1) is 12.8 Å². The summed E-state index contributed by atoms with van der Waals surface area (Å²) in [5.74, 6) is -0.240. The summed E-state index contributed by atoms with van der Waals surface area (Å²) in [5.41, 5.74) is 2.09. The summed E-state index contributed by atoms with van der Waals surface area (Å²) >= 11 is 12.6. The molecule has 0 unspecified atom stereocenters. The zero-order chi connectivity index (χ0) is 22.8. The summed E-state index contributed by atoms with van der Waals surface area (Å²) in [6.07, 6.45) is 1.72. The SMILES string of the molecule is C/C(=N/S(=O)(=O)c1ccc(NC(=O)c2ccccc2C)c(Cl)c1Cl)C1CCN(C)CC1. The summed E-state index contributed by atoms with van der Waals surface area (Å²) < 4.78 is 29.8. The first-order valence-electron chi connectivity index (χ1n) is 9.95. The Kier molecular flexibility index (Phi) is 7.42. The van der Waals surface area contributed by atoms with Gasteiger partial charge in [-0.15, -0.1) is 0 Å². The maximum Gasteiger partial charge on any atom is 0.283 e. The van der Waals surface area contributed by atoms with E-state index in [-0.39, 0.29) is 32.5 Å². The Hall–Kier alpha value is -1.93. The average Bonchev–Trinajstić information content (AvgIpc) is 2.71. The molecule has 2 aromatic rings. The lowest BCUT2D eigenvalue weighted by molar-refractivity contribution is 0.102. The van der Waals surface area contributed by atoms with Crippen LogP contribution in [0.4, 0.5) is 5.69 Å². The van der Waals surface area contributed by atoms with Gasteiger partial charge in [-0.05, 0) is 70.6 Å². The van der Waals surface area contributed by atoms with Gasteiger partial charge in [0.2, 0.25) is 0 Å². The van der Waals surface area contributed by atoms with Crippen molar-refractivity contribution in [3.63, 3.8) is 0 Å². The van der Waals surface area contributed by atoms with Crippen molar-refractivity contribution >= 4 is 50.5 Å². The number of aryl methyl sites for hydroxylation is 1. The molecule has 2 aromatic carbocycles. The number of nitrogens with zero attached hydrogens (tertiary/aromatic N) is 2. The average molecular weight is 482 g/mol. The van der Waals surface area contributed by atoms with Gasteiger partial charge in [0, 0.05) is 17.2 Å². The molecule has 1 amide bonds. The van der Waals surface area contributed by atoms with Gasteiger partial charge in [-0.2, -0.15) is 12.8 Å². The van der Waals surface area contributed by atoms with Crippen LogP contribution in [0.25, 0.3) is 0 Å². The second kappa shape index (κ2) is 9.69. The fourth-order valence-electron chi connectivity index (χ4n) is 3.58. The molecule has 0 aromatic heterocycles. The molecule has 0 radical (unpaired) electrons. The zero-order valence-corrected chi connectivity index (χ0v) is 20.0. The molecule has 9 heteroatoms. The molecule has 31 heavy (non-hydrogen) atoms. The standard InChI is InChI=1S/C22H25Cl2N3O3S/c1-14-6-4-5-7-17(14)22(28)25-18-8-9-19(21(24)20(18)23)31(29,30)26-15(2)16-10-12-27(3)13-11-16/h4-9,16H,10-13H2,1-3H3,(H,25,28)/b26-15-. The van der Waals surface area contributed by atoms with Crippen molar-refractivity contribution in [2.24, 2.45) is 10.3 Å². The van der Waals surface area contributed by atoms with E-state index < -0.39 is 10.0 Å². The van der Waals surface area contributed by atoms with Crippen molar-refractivity contribution in [1.82, 2.24) is 4.90 Å². The Labute approximate surface area is 193 Å². The lowest BCUT2D eigenvalue weighted by atomic mass is 9.93. The predicted octanol–water partition coefficient (Wildman–Crippen LogP) is 5.05. The van der Waals surface area contributed by atoms with E-state index in [2.05, 4.69) is 14.6 Å². The minimum absolute atomic E-state index is 0.0446. The Bertz CT molecular complexity index is 1120. The van der Waals surface area contributed by atoms with E-state index in [1.165, 1.54) is 12.1 Å². The lowest BCUT2D eigenvalue weighted by Gasteiger charge is -2.28. The van der Waals surface area contributed by atoms with Crippen LogP contribution in [-0.4, -0.2) is 45.1 Å². The highest BCUT2D eigenvalue weighted by molar-refractivity contribution is 7.90. The van der Waals surface area contributed by atoms with E-state index in [9.17, 15) is 13.2 Å². The summed E-state index contributed by atoms with van der Waals surface area (Å²) in [7, 11) is -1.99. The third-order valence-electron chi connectivity index (χ3n) is 5.54. The van der Waals surface area contributed by atoms with E-state index in [1.54, 1.807) is 19.1 Å². The normalized spacial score (nSPS) is 16.4. The molecule has 0 atom stereocenters. The molecular weight excluding hydrogens is 457 g/mol. The van der Waals surface area contributed by atoms with Crippen molar-refractivity contribution in [1.29, 1.82) is 0 Å². The first kappa shape index (κ1) is 23.7. The molecule has 1 aliphatic rings. The first-order valence-corrected chi connectivity index (χ1v) is 12.1. The number of carbonyl (C=O) groups excluding carboxylic acids is 1. The molecule has 3 rings (SSSR count). The number of benzene rings is 2. The Morgan fingerprint density at radius 2 is 1.74 bits per heavy atom. The molecule has 1 fully saturated rings. The monoisotopic (exact) mass is 481 g/mol. The van der Waals surface area contributed by atoms with Crippen LogP contribution >= 0.6 is 23.2 Å². The summed E-state index contributed by atoms with van der Waals surface area (Å²) in [6, 6.07) is 9.87. The van der Waals surface area contributed by atoms with Crippen LogP contribution in [0.2, 0.25) is 10.0 Å². The number of hydrogen-bond acceptors (Lipinski definition) is 4. The van der Waals surface area contributed by atoms with Gasteiger partial charge in [-0.25, -0.2) is 0 Å². The van der Waals surface area contributed by atoms with Gasteiger partial charge in [-0.3, -0.25) is 4.79 Å². The largest absolute Gasteiger partial charge is 0.321 e. The Morgan fingerprint density at radius 1 is 1.10 bits per heavy atom. The van der Waals surface area contributed by atoms with E-state index >= 15 is 0 Å². The first-order chi connectivity index (χ1) is 14.6. The number of rotatable bonds is 5. The third kappa shape index (κ3) is 5.47. The Morgan fingerprint density at radius 3 is 2.39 bits per heavy atom.